The van der Waals surface area contributed by atoms with Crippen molar-refractivity contribution < 1.29 is 4.74 Å². The molecule has 1 atom stereocenters. The number of rotatable bonds is 7. The fourth-order valence-corrected chi connectivity index (χ4v) is 2.89. The second kappa shape index (κ2) is 8.01. The summed E-state index contributed by atoms with van der Waals surface area (Å²) in [4.78, 5) is 0. The normalized spacial score (nSPS) is 12.5. The number of ether oxygens (including phenoxy) is 1. The highest BCUT2D eigenvalue weighted by Crippen LogP contribution is 2.24. The summed E-state index contributed by atoms with van der Waals surface area (Å²) < 4.78 is 6.50. The van der Waals surface area contributed by atoms with Gasteiger partial charge in [-0.3, -0.25) is 0 Å². The summed E-state index contributed by atoms with van der Waals surface area (Å²) in [7, 11) is 3.74. The molecule has 0 radical (unpaired) electrons. The second-order valence-corrected chi connectivity index (χ2v) is 6.04. The third kappa shape index (κ3) is 4.90. The van der Waals surface area contributed by atoms with Crippen LogP contribution in [-0.4, -0.2) is 31.7 Å². The minimum Gasteiger partial charge on any atom is -0.496 e. The maximum Gasteiger partial charge on any atom is 0.122 e. The largest absolute Gasteiger partial charge is 0.496 e. The molecule has 0 heterocycles. The Hall–Kier alpha value is -0.190. The average molecular weight is 318 g/mol. The zero-order chi connectivity index (χ0) is 12.7. The lowest BCUT2D eigenvalue weighted by Crippen LogP contribution is -2.30. The highest BCUT2D eigenvalue weighted by Gasteiger charge is 2.11. The first kappa shape index (κ1) is 14.9. The molecular formula is C13H20BrNOS. The first-order chi connectivity index (χ1) is 8.21. The molecular weight excluding hydrogens is 298 g/mol. The first-order valence-electron chi connectivity index (χ1n) is 5.78. The van der Waals surface area contributed by atoms with Gasteiger partial charge in [0.25, 0.3) is 0 Å². The van der Waals surface area contributed by atoms with Crippen LogP contribution in [0.2, 0.25) is 0 Å². The van der Waals surface area contributed by atoms with Crippen molar-refractivity contribution in [1.29, 1.82) is 0 Å². The van der Waals surface area contributed by atoms with E-state index in [1.54, 1.807) is 7.11 Å². The summed E-state index contributed by atoms with van der Waals surface area (Å²) in [6, 6.07) is 6.65. The van der Waals surface area contributed by atoms with Gasteiger partial charge in [-0.1, -0.05) is 22.9 Å². The molecule has 96 valence electrons. The summed E-state index contributed by atoms with van der Waals surface area (Å²) >= 11 is 5.47. The van der Waals surface area contributed by atoms with E-state index in [-0.39, 0.29) is 0 Å². The molecule has 1 aromatic carbocycles. The van der Waals surface area contributed by atoms with Crippen molar-refractivity contribution in [2.24, 2.45) is 0 Å². The van der Waals surface area contributed by atoms with Crippen LogP contribution >= 0.6 is 27.7 Å². The predicted molar refractivity (Wildman–Crippen MR) is 80.2 cm³/mol. The standard InChI is InChI=1S/C13H20BrNOS/c1-4-17-9-12(15-2)8-10-7-11(14)5-6-13(10)16-3/h5-7,12,15H,4,8-9H2,1-3H3. The predicted octanol–water partition coefficient (Wildman–Crippen LogP) is 3.34. The average Bonchev–Trinajstić information content (AvgIpc) is 2.34. The molecule has 0 aliphatic carbocycles. The molecule has 0 aliphatic heterocycles. The lowest BCUT2D eigenvalue weighted by atomic mass is 10.1. The number of hydrogen-bond acceptors (Lipinski definition) is 3. The number of nitrogens with one attached hydrogen (secondary N) is 1. The van der Waals surface area contributed by atoms with Crippen LogP contribution in [-0.2, 0) is 6.42 Å². The third-order valence-corrected chi connectivity index (χ3v) is 4.18. The minimum absolute atomic E-state index is 0.489. The quantitative estimate of drug-likeness (QED) is 0.833. The van der Waals surface area contributed by atoms with Crippen molar-refractivity contribution in [3.63, 3.8) is 0 Å². The summed E-state index contributed by atoms with van der Waals surface area (Å²) in [6.45, 7) is 2.19. The van der Waals surface area contributed by atoms with Crippen LogP contribution in [0.5, 0.6) is 5.75 Å². The smallest absolute Gasteiger partial charge is 0.122 e. The zero-order valence-corrected chi connectivity index (χ0v) is 13.0. The lowest BCUT2D eigenvalue weighted by Gasteiger charge is -2.17. The number of hydrogen-bond donors (Lipinski definition) is 1. The molecule has 0 aliphatic rings. The van der Waals surface area contributed by atoms with Crippen molar-refractivity contribution in [2.45, 2.75) is 19.4 Å². The van der Waals surface area contributed by atoms with E-state index in [4.69, 9.17) is 4.74 Å². The molecule has 0 saturated heterocycles. The highest BCUT2D eigenvalue weighted by molar-refractivity contribution is 9.10. The molecule has 4 heteroatoms. The number of likely N-dealkylation sites (N-methyl/N-ethyl adjacent to an activating group) is 1. The van der Waals surface area contributed by atoms with Gasteiger partial charge >= 0.3 is 0 Å². The van der Waals surface area contributed by atoms with Gasteiger partial charge in [0.05, 0.1) is 7.11 Å². The SMILES string of the molecule is CCSCC(Cc1cc(Br)ccc1OC)NC. The van der Waals surface area contributed by atoms with E-state index >= 15 is 0 Å². The van der Waals surface area contributed by atoms with Crippen LogP contribution in [0.4, 0.5) is 0 Å². The first-order valence-corrected chi connectivity index (χ1v) is 7.73. The number of methoxy groups -OCH3 is 1. The topological polar surface area (TPSA) is 21.3 Å². The van der Waals surface area contributed by atoms with Gasteiger partial charge in [0, 0.05) is 16.3 Å². The van der Waals surface area contributed by atoms with Crippen LogP contribution in [0, 0.1) is 0 Å². The van der Waals surface area contributed by atoms with Gasteiger partial charge in [-0.05, 0) is 43.0 Å². The van der Waals surface area contributed by atoms with Crippen molar-refractivity contribution in [3.8, 4) is 5.75 Å². The molecule has 0 saturated carbocycles. The van der Waals surface area contributed by atoms with Crippen molar-refractivity contribution in [3.05, 3.63) is 28.2 Å². The van der Waals surface area contributed by atoms with Crippen LogP contribution in [0.1, 0.15) is 12.5 Å². The van der Waals surface area contributed by atoms with Crippen molar-refractivity contribution in [1.82, 2.24) is 5.32 Å². The summed E-state index contributed by atoms with van der Waals surface area (Å²) in [5.74, 6) is 3.26. The fourth-order valence-electron chi connectivity index (χ4n) is 1.68. The van der Waals surface area contributed by atoms with E-state index in [9.17, 15) is 0 Å². The van der Waals surface area contributed by atoms with Gasteiger partial charge in [-0.15, -0.1) is 0 Å². The molecule has 0 spiro atoms. The van der Waals surface area contributed by atoms with Crippen LogP contribution < -0.4 is 10.1 Å². The maximum absolute atomic E-state index is 5.39. The van der Waals surface area contributed by atoms with E-state index in [1.165, 1.54) is 5.56 Å². The highest BCUT2D eigenvalue weighted by atomic mass is 79.9. The van der Waals surface area contributed by atoms with Gasteiger partial charge in [0.15, 0.2) is 0 Å². The molecule has 1 N–H and O–H groups in total. The summed E-state index contributed by atoms with van der Waals surface area (Å²) in [6.07, 6.45) is 0.992. The van der Waals surface area contributed by atoms with Crippen LogP contribution in [0.3, 0.4) is 0 Å². The maximum atomic E-state index is 5.39. The molecule has 1 rings (SSSR count). The van der Waals surface area contributed by atoms with Gasteiger partial charge in [-0.25, -0.2) is 0 Å². The van der Waals surface area contributed by atoms with Gasteiger partial charge < -0.3 is 10.1 Å². The Bertz CT molecular complexity index is 346. The van der Waals surface area contributed by atoms with Crippen molar-refractivity contribution >= 4 is 27.7 Å². The molecule has 17 heavy (non-hydrogen) atoms. The molecule has 1 unspecified atom stereocenters. The number of halogens is 1. The molecule has 1 aromatic rings. The third-order valence-electron chi connectivity index (χ3n) is 2.64. The van der Waals surface area contributed by atoms with E-state index in [0.29, 0.717) is 6.04 Å². The Morgan fingerprint density at radius 3 is 2.82 bits per heavy atom. The van der Waals surface area contributed by atoms with E-state index in [2.05, 4.69) is 34.2 Å². The van der Waals surface area contributed by atoms with E-state index < -0.39 is 0 Å². The molecule has 0 bridgehead atoms. The Labute approximate surface area is 117 Å². The zero-order valence-electron chi connectivity index (χ0n) is 10.6. The van der Waals surface area contributed by atoms with Gasteiger partial charge in [-0.2, -0.15) is 11.8 Å². The summed E-state index contributed by atoms with van der Waals surface area (Å²) in [5, 5.41) is 3.36. The monoisotopic (exact) mass is 317 g/mol. The Morgan fingerprint density at radius 1 is 1.47 bits per heavy atom. The minimum atomic E-state index is 0.489. The Morgan fingerprint density at radius 2 is 2.24 bits per heavy atom. The van der Waals surface area contributed by atoms with E-state index in [0.717, 1.165) is 28.1 Å². The number of thioether (sulfide) groups is 1. The van der Waals surface area contributed by atoms with Gasteiger partial charge in [0.2, 0.25) is 0 Å². The van der Waals surface area contributed by atoms with Crippen molar-refractivity contribution in [2.75, 3.05) is 25.7 Å². The molecule has 0 fully saturated rings. The second-order valence-electron chi connectivity index (χ2n) is 3.81. The Kier molecular flexibility index (Phi) is 7.00. The molecule has 2 nitrogen and oxygen atoms in total. The summed E-state index contributed by atoms with van der Waals surface area (Å²) in [5.41, 5.74) is 1.25. The lowest BCUT2D eigenvalue weighted by molar-refractivity contribution is 0.407. The van der Waals surface area contributed by atoms with Crippen LogP contribution in [0.15, 0.2) is 22.7 Å². The van der Waals surface area contributed by atoms with Gasteiger partial charge in [0.1, 0.15) is 5.75 Å². The molecule has 0 aromatic heterocycles. The fraction of sp³-hybridized carbons (Fsp3) is 0.538. The molecule has 0 amide bonds. The number of benzene rings is 1. The Balaban J connectivity index is 2.73. The van der Waals surface area contributed by atoms with E-state index in [1.807, 2.05) is 30.9 Å². The van der Waals surface area contributed by atoms with Crippen LogP contribution in [0.25, 0.3) is 0 Å².